The lowest BCUT2D eigenvalue weighted by molar-refractivity contribution is 0.141. The summed E-state index contributed by atoms with van der Waals surface area (Å²) in [6.45, 7) is 3.74. The van der Waals surface area contributed by atoms with Crippen molar-refractivity contribution >= 4 is 15.9 Å². The summed E-state index contributed by atoms with van der Waals surface area (Å²) in [6, 6.07) is 7.95. The Balaban J connectivity index is 2.16. The van der Waals surface area contributed by atoms with Crippen molar-refractivity contribution in [1.82, 2.24) is 10.1 Å². The van der Waals surface area contributed by atoms with E-state index in [0.29, 0.717) is 18.1 Å². The smallest absolute Gasteiger partial charge is 0.232 e. The van der Waals surface area contributed by atoms with Crippen LogP contribution in [0.15, 0.2) is 33.3 Å². The van der Waals surface area contributed by atoms with Gasteiger partial charge in [-0.2, -0.15) is 4.98 Å². The van der Waals surface area contributed by atoms with Crippen LogP contribution in [0.2, 0.25) is 0 Å². The first-order valence-electron chi connectivity index (χ1n) is 6.35. The first-order chi connectivity index (χ1) is 9.11. The zero-order chi connectivity index (χ0) is 13.8. The van der Waals surface area contributed by atoms with E-state index in [1.54, 1.807) is 6.92 Å². The third-order valence-electron chi connectivity index (χ3n) is 3.13. The first kappa shape index (κ1) is 14.2. The van der Waals surface area contributed by atoms with E-state index >= 15 is 0 Å². The Kier molecular flexibility index (Phi) is 4.71. The van der Waals surface area contributed by atoms with Crippen LogP contribution in [0.5, 0.6) is 0 Å². The minimum absolute atomic E-state index is 0.0968. The highest BCUT2D eigenvalue weighted by Crippen LogP contribution is 2.23. The SMILES string of the molecule is CCC(c1nc(Cc2ccccc2Br)no1)C(C)O. The monoisotopic (exact) mass is 324 g/mol. The molecule has 0 amide bonds. The molecule has 1 aromatic carbocycles. The van der Waals surface area contributed by atoms with E-state index in [1.807, 2.05) is 31.2 Å². The maximum atomic E-state index is 9.67. The fraction of sp³-hybridized carbons (Fsp3) is 0.429. The molecule has 0 aliphatic heterocycles. The lowest BCUT2D eigenvalue weighted by Gasteiger charge is -2.12. The number of aliphatic hydroxyl groups excluding tert-OH is 1. The van der Waals surface area contributed by atoms with Crippen LogP contribution in [-0.2, 0) is 6.42 Å². The Labute approximate surface area is 121 Å². The zero-order valence-electron chi connectivity index (χ0n) is 11.0. The van der Waals surface area contributed by atoms with Crippen molar-refractivity contribution in [2.75, 3.05) is 0 Å². The topological polar surface area (TPSA) is 59.2 Å². The summed E-state index contributed by atoms with van der Waals surface area (Å²) < 4.78 is 6.29. The summed E-state index contributed by atoms with van der Waals surface area (Å²) in [5.41, 5.74) is 1.11. The second-order valence-corrected chi connectivity index (χ2v) is 5.43. The summed E-state index contributed by atoms with van der Waals surface area (Å²) in [5.74, 6) is 1.06. The average Bonchev–Trinajstić information content (AvgIpc) is 2.81. The van der Waals surface area contributed by atoms with Crippen LogP contribution < -0.4 is 0 Å². The standard InChI is InChI=1S/C14H17BrN2O2/c1-3-11(9(2)18)14-16-13(17-19-14)8-10-6-4-5-7-12(10)15/h4-7,9,11,18H,3,8H2,1-2H3. The number of benzene rings is 1. The van der Waals surface area contributed by atoms with Gasteiger partial charge in [-0.1, -0.05) is 46.2 Å². The minimum atomic E-state index is -0.484. The van der Waals surface area contributed by atoms with Gasteiger partial charge in [-0.05, 0) is 25.0 Å². The molecule has 4 nitrogen and oxygen atoms in total. The number of hydrogen-bond donors (Lipinski definition) is 1. The number of nitrogens with zero attached hydrogens (tertiary/aromatic N) is 2. The number of hydrogen-bond acceptors (Lipinski definition) is 4. The summed E-state index contributed by atoms with van der Waals surface area (Å²) in [6.07, 6.45) is 0.900. The van der Waals surface area contributed by atoms with Crippen molar-refractivity contribution in [3.63, 3.8) is 0 Å². The summed E-state index contributed by atoms with van der Waals surface area (Å²) in [5, 5.41) is 13.7. The number of aliphatic hydroxyl groups is 1. The molecule has 0 saturated carbocycles. The molecule has 2 aromatic rings. The molecule has 102 valence electrons. The highest BCUT2D eigenvalue weighted by Gasteiger charge is 2.22. The Morgan fingerprint density at radius 1 is 1.37 bits per heavy atom. The lowest BCUT2D eigenvalue weighted by Crippen LogP contribution is -2.14. The Morgan fingerprint density at radius 2 is 2.11 bits per heavy atom. The molecule has 0 spiro atoms. The molecule has 2 rings (SSSR count). The maximum Gasteiger partial charge on any atom is 0.232 e. The highest BCUT2D eigenvalue weighted by molar-refractivity contribution is 9.10. The van der Waals surface area contributed by atoms with E-state index in [4.69, 9.17) is 4.52 Å². The van der Waals surface area contributed by atoms with E-state index in [1.165, 1.54) is 0 Å². The van der Waals surface area contributed by atoms with Gasteiger partial charge in [-0.25, -0.2) is 0 Å². The van der Waals surface area contributed by atoms with Gasteiger partial charge < -0.3 is 9.63 Å². The maximum absolute atomic E-state index is 9.67. The Hall–Kier alpha value is -1.20. The van der Waals surface area contributed by atoms with E-state index in [9.17, 15) is 5.11 Å². The van der Waals surface area contributed by atoms with Crippen molar-refractivity contribution in [3.8, 4) is 0 Å². The van der Waals surface area contributed by atoms with Gasteiger partial charge in [-0.15, -0.1) is 0 Å². The number of halogens is 1. The largest absolute Gasteiger partial charge is 0.393 e. The van der Waals surface area contributed by atoms with Gasteiger partial charge >= 0.3 is 0 Å². The molecule has 5 heteroatoms. The van der Waals surface area contributed by atoms with Crippen molar-refractivity contribution in [2.24, 2.45) is 0 Å². The second-order valence-electron chi connectivity index (χ2n) is 4.57. The fourth-order valence-electron chi connectivity index (χ4n) is 2.02. The van der Waals surface area contributed by atoms with E-state index in [2.05, 4.69) is 26.1 Å². The highest BCUT2D eigenvalue weighted by atomic mass is 79.9. The molecule has 1 N–H and O–H groups in total. The lowest BCUT2D eigenvalue weighted by atomic mass is 10.0. The van der Waals surface area contributed by atoms with Crippen molar-refractivity contribution in [3.05, 3.63) is 46.0 Å². The molecule has 0 aliphatic rings. The third kappa shape index (κ3) is 3.42. The molecule has 0 saturated heterocycles. The van der Waals surface area contributed by atoms with Gasteiger partial charge in [0.1, 0.15) is 0 Å². The predicted octanol–water partition coefficient (Wildman–Crippen LogP) is 3.30. The summed E-state index contributed by atoms with van der Waals surface area (Å²) in [4.78, 5) is 4.38. The van der Waals surface area contributed by atoms with Gasteiger partial charge in [-0.3, -0.25) is 0 Å². The number of aromatic nitrogens is 2. The molecular weight excluding hydrogens is 308 g/mol. The zero-order valence-corrected chi connectivity index (χ0v) is 12.6. The van der Waals surface area contributed by atoms with Crippen LogP contribution >= 0.6 is 15.9 Å². The summed E-state index contributed by atoms with van der Waals surface area (Å²) >= 11 is 3.50. The Morgan fingerprint density at radius 3 is 2.74 bits per heavy atom. The van der Waals surface area contributed by atoms with Crippen LogP contribution in [0.4, 0.5) is 0 Å². The molecule has 0 fully saturated rings. The van der Waals surface area contributed by atoms with Gasteiger partial charge in [0.25, 0.3) is 0 Å². The molecule has 19 heavy (non-hydrogen) atoms. The van der Waals surface area contributed by atoms with Crippen LogP contribution in [0, 0.1) is 0 Å². The van der Waals surface area contributed by atoms with Crippen LogP contribution in [0.3, 0.4) is 0 Å². The minimum Gasteiger partial charge on any atom is -0.393 e. The van der Waals surface area contributed by atoms with Gasteiger partial charge in [0, 0.05) is 10.9 Å². The quantitative estimate of drug-likeness (QED) is 0.916. The molecule has 0 aliphatic carbocycles. The van der Waals surface area contributed by atoms with Gasteiger partial charge in [0.05, 0.1) is 12.0 Å². The normalized spacial score (nSPS) is 14.3. The summed E-state index contributed by atoms with van der Waals surface area (Å²) in [7, 11) is 0. The molecule has 0 radical (unpaired) electrons. The molecular formula is C14H17BrN2O2. The first-order valence-corrected chi connectivity index (χ1v) is 7.15. The predicted molar refractivity (Wildman–Crippen MR) is 76.0 cm³/mol. The van der Waals surface area contributed by atoms with E-state index in [0.717, 1.165) is 16.5 Å². The molecule has 0 bridgehead atoms. The van der Waals surface area contributed by atoms with Gasteiger partial charge in [0.15, 0.2) is 5.82 Å². The number of rotatable bonds is 5. The van der Waals surface area contributed by atoms with E-state index < -0.39 is 6.10 Å². The average molecular weight is 325 g/mol. The second kappa shape index (κ2) is 6.30. The van der Waals surface area contributed by atoms with Crippen LogP contribution in [-0.4, -0.2) is 21.4 Å². The third-order valence-corrected chi connectivity index (χ3v) is 3.90. The Bertz CT molecular complexity index is 540. The van der Waals surface area contributed by atoms with E-state index in [-0.39, 0.29) is 5.92 Å². The van der Waals surface area contributed by atoms with Crippen molar-refractivity contribution in [1.29, 1.82) is 0 Å². The van der Waals surface area contributed by atoms with Crippen molar-refractivity contribution < 1.29 is 9.63 Å². The molecule has 1 aromatic heterocycles. The van der Waals surface area contributed by atoms with Gasteiger partial charge in [0.2, 0.25) is 5.89 Å². The van der Waals surface area contributed by atoms with Crippen molar-refractivity contribution in [2.45, 2.75) is 38.7 Å². The molecule has 1 heterocycles. The fourth-order valence-corrected chi connectivity index (χ4v) is 2.45. The van der Waals surface area contributed by atoms with Crippen LogP contribution in [0.25, 0.3) is 0 Å². The molecule has 2 atom stereocenters. The molecule has 2 unspecified atom stereocenters. The van der Waals surface area contributed by atoms with Crippen LogP contribution in [0.1, 0.15) is 43.5 Å².